The third-order valence-corrected chi connectivity index (χ3v) is 3.27. The van der Waals surface area contributed by atoms with Crippen LogP contribution in [0.4, 0.5) is 5.69 Å². The second-order valence-electron chi connectivity index (χ2n) is 4.05. The van der Waals surface area contributed by atoms with Gasteiger partial charge >= 0.3 is 0 Å². The fourth-order valence-electron chi connectivity index (χ4n) is 1.98. The normalized spacial score (nSPS) is 18.1. The maximum Gasteiger partial charge on any atom is 0.0494 e. The number of piperazine rings is 1. The predicted octanol–water partition coefficient (Wildman–Crippen LogP) is 2.18. The molecular formula is C12H17ClN2. The Labute approximate surface area is 96.4 Å². The Hall–Kier alpha value is -0.730. The lowest BCUT2D eigenvalue weighted by Gasteiger charge is -2.35. The molecule has 1 saturated heterocycles. The molecule has 1 aliphatic rings. The smallest absolute Gasteiger partial charge is 0.0494 e. The van der Waals surface area contributed by atoms with Crippen molar-refractivity contribution in [2.45, 2.75) is 5.88 Å². The van der Waals surface area contributed by atoms with Crippen molar-refractivity contribution >= 4 is 17.3 Å². The molecule has 0 spiro atoms. The molecule has 0 bridgehead atoms. The minimum Gasteiger partial charge on any atom is -0.369 e. The number of hydrogen-bond acceptors (Lipinski definition) is 2. The maximum atomic E-state index is 5.94. The van der Waals surface area contributed by atoms with Crippen molar-refractivity contribution in [3.63, 3.8) is 0 Å². The Morgan fingerprint density at radius 2 is 1.80 bits per heavy atom. The van der Waals surface area contributed by atoms with E-state index < -0.39 is 0 Å². The van der Waals surface area contributed by atoms with E-state index in [0.717, 1.165) is 26.2 Å². The molecule has 2 nitrogen and oxygen atoms in total. The highest BCUT2D eigenvalue weighted by atomic mass is 35.5. The molecule has 0 saturated carbocycles. The topological polar surface area (TPSA) is 6.48 Å². The van der Waals surface area contributed by atoms with Crippen LogP contribution < -0.4 is 4.90 Å². The molecule has 1 heterocycles. The summed E-state index contributed by atoms with van der Waals surface area (Å²) in [4.78, 5) is 4.79. The van der Waals surface area contributed by atoms with Crippen LogP contribution in [0.25, 0.3) is 0 Å². The second-order valence-corrected chi connectivity index (χ2v) is 4.32. The van der Waals surface area contributed by atoms with E-state index in [4.69, 9.17) is 11.6 Å². The van der Waals surface area contributed by atoms with Crippen molar-refractivity contribution in [1.82, 2.24) is 4.90 Å². The first-order valence-electron chi connectivity index (χ1n) is 5.38. The number of alkyl halides is 1. The number of halogens is 1. The zero-order chi connectivity index (χ0) is 10.7. The molecule has 0 radical (unpaired) electrons. The summed E-state index contributed by atoms with van der Waals surface area (Å²) in [5.41, 5.74) is 2.55. The van der Waals surface area contributed by atoms with Crippen LogP contribution >= 0.6 is 11.6 Å². The van der Waals surface area contributed by atoms with Gasteiger partial charge < -0.3 is 9.80 Å². The van der Waals surface area contributed by atoms with Gasteiger partial charge in [-0.2, -0.15) is 0 Å². The molecular weight excluding hydrogens is 208 g/mol. The lowest BCUT2D eigenvalue weighted by molar-refractivity contribution is 0.312. The summed E-state index contributed by atoms with van der Waals surface area (Å²) in [7, 11) is 2.17. The van der Waals surface area contributed by atoms with Crippen LogP contribution in [0.15, 0.2) is 24.3 Å². The van der Waals surface area contributed by atoms with Crippen LogP contribution in [0.1, 0.15) is 5.56 Å². The molecule has 0 amide bonds. The number of hydrogen-bond donors (Lipinski definition) is 0. The maximum absolute atomic E-state index is 5.94. The van der Waals surface area contributed by atoms with Crippen molar-refractivity contribution in [3.8, 4) is 0 Å². The Bertz CT molecular complexity index is 319. The molecule has 0 aromatic heterocycles. The van der Waals surface area contributed by atoms with Gasteiger partial charge in [-0.15, -0.1) is 11.6 Å². The van der Waals surface area contributed by atoms with Crippen molar-refractivity contribution in [2.75, 3.05) is 38.1 Å². The fraction of sp³-hybridized carbons (Fsp3) is 0.500. The molecule has 82 valence electrons. The van der Waals surface area contributed by atoms with Gasteiger partial charge in [-0.25, -0.2) is 0 Å². The summed E-state index contributed by atoms with van der Waals surface area (Å²) in [5.74, 6) is 0.600. The van der Waals surface area contributed by atoms with Gasteiger partial charge in [0.25, 0.3) is 0 Å². The zero-order valence-corrected chi connectivity index (χ0v) is 9.87. The minimum absolute atomic E-state index is 0.600. The SMILES string of the molecule is CN1CCN(c2ccccc2CCl)CC1. The van der Waals surface area contributed by atoms with Gasteiger partial charge in [0.15, 0.2) is 0 Å². The van der Waals surface area contributed by atoms with Crippen molar-refractivity contribution in [2.24, 2.45) is 0 Å². The predicted molar refractivity (Wildman–Crippen MR) is 65.7 cm³/mol. The molecule has 2 rings (SSSR count). The van der Waals surface area contributed by atoms with E-state index >= 15 is 0 Å². The van der Waals surface area contributed by atoms with E-state index in [1.54, 1.807) is 0 Å². The summed E-state index contributed by atoms with van der Waals surface area (Å²) < 4.78 is 0. The monoisotopic (exact) mass is 224 g/mol. The van der Waals surface area contributed by atoms with E-state index in [9.17, 15) is 0 Å². The molecule has 1 aliphatic heterocycles. The van der Waals surface area contributed by atoms with Crippen LogP contribution in [-0.4, -0.2) is 38.1 Å². The van der Waals surface area contributed by atoms with E-state index in [0.29, 0.717) is 5.88 Å². The van der Waals surface area contributed by atoms with E-state index in [1.807, 2.05) is 0 Å². The Morgan fingerprint density at radius 1 is 1.13 bits per heavy atom. The van der Waals surface area contributed by atoms with Crippen LogP contribution in [0.5, 0.6) is 0 Å². The highest BCUT2D eigenvalue weighted by Gasteiger charge is 2.15. The van der Waals surface area contributed by atoms with Gasteiger partial charge in [-0.05, 0) is 18.7 Å². The molecule has 3 heteroatoms. The van der Waals surface area contributed by atoms with Crippen molar-refractivity contribution in [1.29, 1.82) is 0 Å². The summed E-state index contributed by atoms with van der Waals surface area (Å²) in [6.07, 6.45) is 0. The van der Waals surface area contributed by atoms with Gasteiger partial charge in [0.05, 0.1) is 0 Å². The third kappa shape index (κ3) is 2.44. The van der Waals surface area contributed by atoms with Gasteiger partial charge in [-0.3, -0.25) is 0 Å². The zero-order valence-electron chi connectivity index (χ0n) is 9.12. The number of anilines is 1. The number of nitrogens with zero attached hydrogens (tertiary/aromatic N) is 2. The first kappa shape index (κ1) is 10.8. The van der Waals surface area contributed by atoms with Crippen molar-refractivity contribution in [3.05, 3.63) is 29.8 Å². The number of benzene rings is 1. The quantitative estimate of drug-likeness (QED) is 0.711. The van der Waals surface area contributed by atoms with Crippen LogP contribution in [0.2, 0.25) is 0 Å². The van der Waals surface area contributed by atoms with E-state index in [2.05, 4.69) is 41.1 Å². The molecule has 0 N–H and O–H groups in total. The van der Waals surface area contributed by atoms with Crippen LogP contribution in [0, 0.1) is 0 Å². The van der Waals surface area contributed by atoms with E-state index in [-0.39, 0.29) is 0 Å². The average Bonchev–Trinajstić information content (AvgIpc) is 2.30. The van der Waals surface area contributed by atoms with Gasteiger partial charge in [-0.1, -0.05) is 18.2 Å². The standard InChI is InChI=1S/C12H17ClN2/c1-14-6-8-15(9-7-14)12-5-3-2-4-11(12)10-13/h2-5H,6-10H2,1H3. The Morgan fingerprint density at radius 3 is 2.47 bits per heavy atom. The molecule has 0 unspecified atom stereocenters. The fourth-order valence-corrected chi connectivity index (χ4v) is 2.21. The summed E-state index contributed by atoms with van der Waals surface area (Å²) in [6, 6.07) is 8.42. The molecule has 1 fully saturated rings. The van der Waals surface area contributed by atoms with Crippen LogP contribution in [-0.2, 0) is 5.88 Å². The average molecular weight is 225 g/mol. The molecule has 0 aliphatic carbocycles. The first-order valence-corrected chi connectivity index (χ1v) is 5.92. The largest absolute Gasteiger partial charge is 0.369 e. The van der Waals surface area contributed by atoms with Gasteiger partial charge in [0.1, 0.15) is 0 Å². The van der Waals surface area contributed by atoms with E-state index in [1.165, 1.54) is 11.3 Å². The van der Waals surface area contributed by atoms with Crippen molar-refractivity contribution < 1.29 is 0 Å². The summed E-state index contributed by atoms with van der Waals surface area (Å²) >= 11 is 5.94. The van der Waals surface area contributed by atoms with Gasteiger partial charge in [0.2, 0.25) is 0 Å². The van der Waals surface area contributed by atoms with Crippen LogP contribution in [0.3, 0.4) is 0 Å². The second kappa shape index (κ2) is 4.86. The lowest BCUT2D eigenvalue weighted by Crippen LogP contribution is -2.44. The first-order chi connectivity index (χ1) is 7.31. The molecule has 1 aromatic carbocycles. The highest BCUT2D eigenvalue weighted by Crippen LogP contribution is 2.22. The lowest BCUT2D eigenvalue weighted by atomic mass is 10.1. The molecule has 0 atom stereocenters. The number of para-hydroxylation sites is 1. The summed E-state index contributed by atoms with van der Waals surface area (Å²) in [6.45, 7) is 4.47. The highest BCUT2D eigenvalue weighted by molar-refractivity contribution is 6.17. The summed E-state index contributed by atoms with van der Waals surface area (Å²) in [5, 5.41) is 0. The Balaban J connectivity index is 2.15. The third-order valence-electron chi connectivity index (χ3n) is 2.98. The molecule has 15 heavy (non-hydrogen) atoms. The molecule has 1 aromatic rings. The minimum atomic E-state index is 0.600. The van der Waals surface area contributed by atoms with Gasteiger partial charge in [0, 0.05) is 37.7 Å². The number of likely N-dealkylation sites (N-methyl/N-ethyl adjacent to an activating group) is 1. The number of rotatable bonds is 2. The Kier molecular flexibility index (Phi) is 3.49.